The van der Waals surface area contributed by atoms with Gasteiger partial charge in [0.05, 0.1) is 17.1 Å². The van der Waals surface area contributed by atoms with Gasteiger partial charge in [0.15, 0.2) is 6.29 Å². The number of nitrogens with zero attached hydrogens (tertiary/aromatic N) is 2. The molecule has 0 bridgehead atoms. The number of ether oxygens (including phenoxy) is 1. The molecule has 0 aliphatic rings. The molecular weight excluding hydrogens is 216 g/mol. The fraction of sp³-hybridized carbons (Fsp3) is 0.222. The third kappa shape index (κ3) is 2.38. The number of esters is 1. The lowest BCUT2D eigenvalue weighted by molar-refractivity contribution is -0.385. The van der Waals surface area contributed by atoms with Crippen LogP contribution in [0.15, 0.2) is 12.3 Å². The molecule has 0 saturated heterocycles. The SMILES string of the molecule is CCOC(=O)c1cc([N+](=O)[O-])cnc1C=O. The zero-order valence-electron chi connectivity index (χ0n) is 8.37. The van der Waals surface area contributed by atoms with Gasteiger partial charge >= 0.3 is 5.97 Å². The van der Waals surface area contributed by atoms with Crippen molar-refractivity contribution < 1.29 is 19.2 Å². The summed E-state index contributed by atoms with van der Waals surface area (Å²) >= 11 is 0. The monoisotopic (exact) mass is 224 g/mol. The van der Waals surface area contributed by atoms with Gasteiger partial charge in [0.25, 0.3) is 5.69 Å². The Labute approximate surface area is 90.2 Å². The fourth-order valence-electron chi connectivity index (χ4n) is 1.03. The Morgan fingerprint density at radius 3 is 2.88 bits per heavy atom. The maximum Gasteiger partial charge on any atom is 0.340 e. The van der Waals surface area contributed by atoms with Crippen molar-refractivity contribution in [1.82, 2.24) is 4.98 Å². The van der Waals surface area contributed by atoms with E-state index >= 15 is 0 Å². The van der Waals surface area contributed by atoms with Crippen molar-refractivity contribution in [1.29, 1.82) is 0 Å². The normalized spacial score (nSPS) is 9.56. The van der Waals surface area contributed by atoms with E-state index in [-0.39, 0.29) is 23.6 Å². The quantitative estimate of drug-likeness (QED) is 0.327. The van der Waals surface area contributed by atoms with Crippen LogP contribution in [0.1, 0.15) is 27.8 Å². The first-order chi connectivity index (χ1) is 7.60. The van der Waals surface area contributed by atoms with Crippen molar-refractivity contribution in [3.63, 3.8) is 0 Å². The first-order valence-corrected chi connectivity index (χ1v) is 4.36. The first kappa shape index (κ1) is 11.8. The van der Waals surface area contributed by atoms with E-state index in [0.29, 0.717) is 6.29 Å². The van der Waals surface area contributed by atoms with E-state index < -0.39 is 10.9 Å². The average Bonchev–Trinajstić information content (AvgIpc) is 2.28. The summed E-state index contributed by atoms with van der Waals surface area (Å²) in [6.45, 7) is 1.70. The zero-order chi connectivity index (χ0) is 12.1. The molecule has 0 unspecified atom stereocenters. The lowest BCUT2D eigenvalue weighted by atomic mass is 10.2. The third-order valence-electron chi connectivity index (χ3n) is 1.72. The number of hydrogen-bond acceptors (Lipinski definition) is 6. The van der Waals surface area contributed by atoms with Gasteiger partial charge in [-0.1, -0.05) is 0 Å². The van der Waals surface area contributed by atoms with Crippen LogP contribution < -0.4 is 0 Å². The maximum absolute atomic E-state index is 11.4. The minimum atomic E-state index is -0.805. The number of aldehydes is 1. The van der Waals surface area contributed by atoms with Gasteiger partial charge in [-0.05, 0) is 6.92 Å². The van der Waals surface area contributed by atoms with Gasteiger partial charge in [-0.3, -0.25) is 14.9 Å². The van der Waals surface area contributed by atoms with Crippen LogP contribution in [0.4, 0.5) is 5.69 Å². The molecule has 16 heavy (non-hydrogen) atoms. The van der Waals surface area contributed by atoms with Gasteiger partial charge in [-0.2, -0.15) is 0 Å². The summed E-state index contributed by atoms with van der Waals surface area (Å²) < 4.78 is 4.64. The minimum absolute atomic E-state index is 0.111. The Hall–Kier alpha value is -2.31. The Morgan fingerprint density at radius 1 is 1.69 bits per heavy atom. The van der Waals surface area contributed by atoms with Gasteiger partial charge in [-0.15, -0.1) is 0 Å². The second kappa shape index (κ2) is 4.96. The Kier molecular flexibility index (Phi) is 3.65. The standard InChI is InChI=1S/C9H8N2O5/c1-2-16-9(13)7-3-6(11(14)15)4-10-8(7)5-12/h3-5H,2H2,1H3. The van der Waals surface area contributed by atoms with Crippen LogP contribution in [0.2, 0.25) is 0 Å². The maximum atomic E-state index is 11.4. The largest absolute Gasteiger partial charge is 0.462 e. The topological polar surface area (TPSA) is 99.4 Å². The molecule has 0 radical (unpaired) electrons. The summed E-state index contributed by atoms with van der Waals surface area (Å²) in [4.78, 5) is 35.2. The lowest BCUT2D eigenvalue weighted by Gasteiger charge is -2.03. The molecule has 0 aliphatic carbocycles. The van der Waals surface area contributed by atoms with Crippen molar-refractivity contribution in [3.05, 3.63) is 33.6 Å². The molecule has 1 aromatic heterocycles. The number of carbonyl (C=O) groups excluding carboxylic acids is 2. The molecule has 84 valence electrons. The molecule has 0 saturated carbocycles. The van der Waals surface area contributed by atoms with Gasteiger partial charge in [0, 0.05) is 6.07 Å². The highest BCUT2D eigenvalue weighted by atomic mass is 16.6. The smallest absolute Gasteiger partial charge is 0.340 e. The number of pyridine rings is 1. The molecule has 0 N–H and O–H groups in total. The molecule has 7 nitrogen and oxygen atoms in total. The molecule has 0 amide bonds. The van der Waals surface area contributed by atoms with Gasteiger partial charge in [0.1, 0.15) is 11.9 Å². The van der Waals surface area contributed by atoms with E-state index in [4.69, 9.17) is 0 Å². The van der Waals surface area contributed by atoms with Crippen LogP contribution >= 0.6 is 0 Å². The fourth-order valence-corrected chi connectivity index (χ4v) is 1.03. The van der Waals surface area contributed by atoms with Crippen molar-refractivity contribution in [2.75, 3.05) is 6.61 Å². The molecule has 1 rings (SSSR count). The van der Waals surface area contributed by atoms with Crippen molar-refractivity contribution >= 4 is 17.9 Å². The van der Waals surface area contributed by atoms with E-state index in [1.807, 2.05) is 0 Å². The molecule has 0 aromatic carbocycles. The van der Waals surface area contributed by atoms with Gasteiger partial charge in [0.2, 0.25) is 0 Å². The van der Waals surface area contributed by atoms with Crippen LogP contribution in [-0.2, 0) is 4.74 Å². The van der Waals surface area contributed by atoms with Crippen molar-refractivity contribution in [3.8, 4) is 0 Å². The number of rotatable bonds is 4. The van der Waals surface area contributed by atoms with Crippen LogP contribution in [0.5, 0.6) is 0 Å². The van der Waals surface area contributed by atoms with E-state index in [1.165, 1.54) is 0 Å². The average molecular weight is 224 g/mol. The summed E-state index contributed by atoms with van der Waals surface area (Å²) in [5.41, 5.74) is -0.747. The van der Waals surface area contributed by atoms with E-state index in [1.54, 1.807) is 6.92 Å². The highest BCUT2D eigenvalue weighted by molar-refractivity contribution is 5.97. The van der Waals surface area contributed by atoms with Crippen LogP contribution in [0.3, 0.4) is 0 Å². The summed E-state index contributed by atoms with van der Waals surface area (Å²) in [5.74, 6) is -0.805. The molecule has 0 atom stereocenters. The van der Waals surface area contributed by atoms with Gasteiger partial charge in [-0.25, -0.2) is 9.78 Å². The molecule has 0 spiro atoms. The summed E-state index contributed by atoms with van der Waals surface area (Å²) in [6.07, 6.45) is 1.25. The van der Waals surface area contributed by atoms with Crippen LogP contribution in [-0.4, -0.2) is 28.8 Å². The van der Waals surface area contributed by atoms with Crippen molar-refractivity contribution in [2.24, 2.45) is 0 Å². The number of nitro groups is 1. The predicted octanol–water partition coefficient (Wildman–Crippen LogP) is 0.979. The third-order valence-corrected chi connectivity index (χ3v) is 1.72. The van der Waals surface area contributed by atoms with E-state index in [2.05, 4.69) is 9.72 Å². The van der Waals surface area contributed by atoms with Crippen LogP contribution in [0, 0.1) is 10.1 Å². The molecule has 7 heteroatoms. The molecule has 1 aromatic rings. The first-order valence-electron chi connectivity index (χ1n) is 4.36. The minimum Gasteiger partial charge on any atom is -0.462 e. The second-order valence-corrected chi connectivity index (χ2v) is 2.72. The Morgan fingerprint density at radius 2 is 2.38 bits per heavy atom. The Balaban J connectivity index is 3.21. The summed E-state index contributed by atoms with van der Waals surface area (Å²) in [5, 5.41) is 10.5. The zero-order valence-corrected chi connectivity index (χ0v) is 8.37. The molecule has 0 fully saturated rings. The summed E-state index contributed by atoms with van der Waals surface area (Å²) in [7, 11) is 0. The molecule has 0 aliphatic heterocycles. The van der Waals surface area contributed by atoms with Crippen molar-refractivity contribution in [2.45, 2.75) is 6.92 Å². The highest BCUT2D eigenvalue weighted by Crippen LogP contribution is 2.15. The Bertz CT molecular complexity index is 444. The number of hydrogen-bond donors (Lipinski definition) is 0. The van der Waals surface area contributed by atoms with E-state index in [0.717, 1.165) is 12.3 Å². The second-order valence-electron chi connectivity index (χ2n) is 2.72. The molecular formula is C9H8N2O5. The van der Waals surface area contributed by atoms with Crippen LogP contribution in [0.25, 0.3) is 0 Å². The van der Waals surface area contributed by atoms with E-state index in [9.17, 15) is 19.7 Å². The highest BCUT2D eigenvalue weighted by Gasteiger charge is 2.18. The number of aromatic nitrogens is 1. The lowest BCUT2D eigenvalue weighted by Crippen LogP contribution is -2.10. The van der Waals surface area contributed by atoms with Gasteiger partial charge < -0.3 is 4.74 Å². The summed E-state index contributed by atoms with van der Waals surface area (Å²) in [6, 6.07) is 0.967. The predicted molar refractivity (Wildman–Crippen MR) is 52.2 cm³/mol. The molecule has 1 heterocycles. The number of carbonyl (C=O) groups is 2.